The lowest BCUT2D eigenvalue weighted by molar-refractivity contribution is 0.274. The SMILES string of the molecule is CCCN(CCC)CCCNc1c(C)c(=S)c1=S. The summed E-state index contributed by atoms with van der Waals surface area (Å²) < 4.78 is 1.72. The molecule has 0 aromatic heterocycles. The summed E-state index contributed by atoms with van der Waals surface area (Å²) in [7, 11) is 0. The Morgan fingerprint density at radius 1 is 1.00 bits per heavy atom. The molecule has 0 saturated heterocycles. The van der Waals surface area contributed by atoms with Crippen LogP contribution >= 0.6 is 24.4 Å². The van der Waals surface area contributed by atoms with Crippen molar-refractivity contribution in [2.75, 3.05) is 31.5 Å². The molecule has 0 radical (unpaired) electrons. The average Bonchev–Trinajstić information content (AvgIpc) is 2.37. The van der Waals surface area contributed by atoms with Crippen LogP contribution in [0.3, 0.4) is 0 Å². The third-order valence-corrected chi connectivity index (χ3v) is 4.23. The molecule has 0 atom stereocenters. The predicted octanol–water partition coefficient (Wildman–Crippen LogP) is 4.25. The molecule has 1 aromatic rings. The van der Waals surface area contributed by atoms with Crippen LogP contribution in [0.1, 0.15) is 38.7 Å². The summed E-state index contributed by atoms with van der Waals surface area (Å²) in [5, 5.41) is 3.41. The van der Waals surface area contributed by atoms with Gasteiger partial charge in [0.15, 0.2) is 0 Å². The largest absolute Gasteiger partial charge is 0.384 e. The fraction of sp³-hybridized carbons (Fsp3) is 0.714. The summed E-state index contributed by atoms with van der Waals surface area (Å²) in [6.07, 6.45) is 3.62. The summed E-state index contributed by atoms with van der Waals surface area (Å²) in [5.41, 5.74) is 2.27. The predicted molar refractivity (Wildman–Crippen MR) is 85.3 cm³/mol. The minimum Gasteiger partial charge on any atom is -0.384 e. The molecule has 0 amide bonds. The zero-order valence-electron chi connectivity index (χ0n) is 11.7. The van der Waals surface area contributed by atoms with E-state index in [4.69, 9.17) is 24.4 Å². The molecule has 102 valence electrons. The molecule has 1 rings (SSSR count). The Labute approximate surface area is 121 Å². The maximum absolute atomic E-state index is 5.22. The van der Waals surface area contributed by atoms with Gasteiger partial charge in [0, 0.05) is 6.54 Å². The number of nitrogens with one attached hydrogen (secondary N) is 1. The van der Waals surface area contributed by atoms with Crippen molar-refractivity contribution in [2.45, 2.75) is 40.0 Å². The van der Waals surface area contributed by atoms with E-state index in [0.717, 1.165) is 39.8 Å². The van der Waals surface area contributed by atoms with Crippen molar-refractivity contribution in [1.82, 2.24) is 4.90 Å². The van der Waals surface area contributed by atoms with Crippen molar-refractivity contribution < 1.29 is 0 Å². The Morgan fingerprint density at radius 2 is 1.61 bits per heavy atom. The van der Waals surface area contributed by atoms with Gasteiger partial charge in [-0.05, 0) is 51.4 Å². The van der Waals surface area contributed by atoms with Crippen molar-refractivity contribution in [3.63, 3.8) is 0 Å². The van der Waals surface area contributed by atoms with Crippen LogP contribution in [0, 0.1) is 15.9 Å². The Bertz CT molecular complexity index is 427. The van der Waals surface area contributed by atoms with Crippen LogP contribution in [-0.4, -0.2) is 31.1 Å². The molecule has 0 aliphatic carbocycles. The van der Waals surface area contributed by atoms with Gasteiger partial charge in [-0.1, -0.05) is 38.3 Å². The zero-order valence-corrected chi connectivity index (χ0v) is 13.3. The van der Waals surface area contributed by atoms with Crippen LogP contribution in [0.2, 0.25) is 0 Å². The summed E-state index contributed by atoms with van der Waals surface area (Å²) in [5.74, 6) is 0. The molecule has 1 N–H and O–H groups in total. The van der Waals surface area contributed by atoms with E-state index in [-0.39, 0.29) is 0 Å². The first-order valence-corrected chi connectivity index (χ1v) is 7.69. The molecule has 0 fully saturated rings. The molecular weight excluding hydrogens is 260 g/mol. The summed E-state index contributed by atoms with van der Waals surface area (Å²) in [6, 6.07) is 0. The van der Waals surface area contributed by atoms with Crippen molar-refractivity contribution >= 4 is 30.1 Å². The van der Waals surface area contributed by atoms with Crippen molar-refractivity contribution in [3.05, 3.63) is 14.6 Å². The van der Waals surface area contributed by atoms with Crippen LogP contribution in [-0.2, 0) is 0 Å². The smallest absolute Gasteiger partial charge is 0.0795 e. The molecule has 2 nitrogen and oxygen atoms in total. The second-order valence-corrected chi connectivity index (χ2v) is 5.60. The third-order valence-electron chi connectivity index (χ3n) is 3.18. The Kier molecular flexibility index (Phi) is 6.97. The van der Waals surface area contributed by atoms with E-state index < -0.39 is 0 Å². The quantitative estimate of drug-likeness (QED) is 0.538. The molecule has 18 heavy (non-hydrogen) atoms. The minimum absolute atomic E-state index is 0.849. The van der Waals surface area contributed by atoms with Gasteiger partial charge in [0.1, 0.15) is 0 Å². The van der Waals surface area contributed by atoms with E-state index in [9.17, 15) is 0 Å². The Morgan fingerprint density at radius 3 is 2.11 bits per heavy atom. The monoisotopic (exact) mass is 284 g/mol. The maximum Gasteiger partial charge on any atom is 0.0795 e. The summed E-state index contributed by atoms with van der Waals surface area (Å²) in [6.45, 7) is 11.1. The number of nitrogens with zero attached hydrogens (tertiary/aromatic N) is 1. The highest BCUT2D eigenvalue weighted by Crippen LogP contribution is 2.24. The number of hydrogen-bond acceptors (Lipinski definition) is 4. The fourth-order valence-corrected chi connectivity index (χ4v) is 2.78. The molecule has 4 heteroatoms. The van der Waals surface area contributed by atoms with Gasteiger partial charge in [0.2, 0.25) is 0 Å². The molecule has 0 heterocycles. The van der Waals surface area contributed by atoms with Gasteiger partial charge in [-0.3, -0.25) is 0 Å². The van der Waals surface area contributed by atoms with E-state index in [0.29, 0.717) is 0 Å². The van der Waals surface area contributed by atoms with Gasteiger partial charge in [-0.15, -0.1) is 0 Å². The second kappa shape index (κ2) is 7.97. The number of hydrogen-bond donors (Lipinski definition) is 1. The molecule has 0 bridgehead atoms. The minimum atomic E-state index is 0.849. The molecule has 0 saturated carbocycles. The highest BCUT2D eigenvalue weighted by molar-refractivity contribution is 7.74. The van der Waals surface area contributed by atoms with Gasteiger partial charge in [0.25, 0.3) is 0 Å². The standard InChI is InChI=1S/C14H24N2S2/c1-4-8-16(9-5-2)10-6-7-15-12-11(3)13(17)14(12)18/h15H,4-10H2,1-3H3. The first-order chi connectivity index (χ1) is 8.61. The van der Waals surface area contributed by atoms with E-state index in [2.05, 4.69) is 24.1 Å². The van der Waals surface area contributed by atoms with Gasteiger partial charge in [0.05, 0.1) is 14.7 Å². The summed E-state index contributed by atoms with van der Waals surface area (Å²) >= 11 is 10.4. The normalized spacial score (nSPS) is 11.3. The molecule has 0 aliphatic heterocycles. The maximum atomic E-state index is 5.22. The Balaban J connectivity index is 2.26. The van der Waals surface area contributed by atoms with Crippen LogP contribution < -0.4 is 5.32 Å². The Hall–Kier alpha value is -0.320. The lowest BCUT2D eigenvalue weighted by Crippen LogP contribution is -2.28. The third kappa shape index (κ3) is 4.11. The van der Waals surface area contributed by atoms with Gasteiger partial charge < -0.3 is 10.2 Å². The molecule has 0 aliphatic rings. The van der Waals surface area contributed by atoms with Crippen LogP contribution in [0.25, 0.3) is 0 Å². The van der Waals surface area contributed by atoms with Gasteiger partial charge in [-0.25, -0.2) is 0 Å². The molecule has 0 unspecified atom stereocenters. The first kappa shape index (κ1) is 15.7. The zero-order chi connectivity index (χ0) is 13.5. The molecule has 1 aromatic carbocycles. The van der Waals surface area contributed by atoms with Crippen molar-refractivity contribution in [1.29, 1.82) is 0 Å². The van der Waals surface area contributed by atoms with E-state index >= 15 is 0 Å². The molecule has 0 spiro atoms. The van der Waals surface area contributed by atoms with Crippen molar-refractivity contribution in [3.8, 4) is 0 Å². The highest BCUT2D eigenvalue weighted by atomic mass is 32.1. The average molecular weight is 284 g/mol. The van der Waals surface area contributed by atoms with Gasteiger partial charge in [-0.2, -0.15) is 0 Å². The van der Waals surface area contributed by atoms with E-state index in [1.807, 2.05) is 6.92 Å². The van der Waals surface area contributed by atoms with Crippen molar-refractivity contribution in [2.24, 2.45) is 0 Å². The van der Waals surface area contributed by atoms with Crippen LogP contribution in [0.4, 0.5) is 5.69 Å². The highest BCUT2D eigenvalue weighted by Gasteiger charge is 2.09. The fourth-order valence-electron chi connectivity index (χ4n) is 2.20. The van der Waals surface area contributed by atoms with Crippen LogP contribution in [0.15, 0.2) is 0 Å². The topological polar surface area (TPSA) is 15.3 Å². The number of anilines is 1. The summed E-state index contributed by atoms with van der Waals surface area (Å²) in [4.78, 5) is 2.53. The number of rotatable bonds is 9. The van der Waals surface area contributed by atoms with E-state index in [1.165, 1.54) is 25.9 Å². The van der Waals surface area contributed by atoms with Crippen LogP contribution in [0.5, 0.6) is 0 Å². The molecular formula is C14H24N2S2. The second-order valence-electron chi connectivity index (χ2n) is 4.78. The lowest BCUT2D eigenvalue weighted by atomic mass is 10.1. The lowest BCUT2D eigenvalue weighted by Gasteiger charge is -2.21. The first-order valence-electron chi connectivity index (χ1n) is 6.87. The van der Waals surface area contributed by atoms with E-state index in [1.54, 1.807) is 0 Å². The van der Waals surface area contributed by atoms with Gasteiger partial charge >= 0.3 is 0 Å².